The number of likely N-dealkylation sites (tertiary alicyclic amines) is 1. The minimum atomic E-state index is -1.90. The number of hydrogen-bond donors (Lipinski definition) is 1. The highest BCUT2D eigenvalue weighted by molar-refractivity contribution is 6.04. The lowest BCUT2D eigenvalue weighted by Gasteiger charge is -2.36. The number of carbonyl (C=O) groups is 2. The molecule has 0 spiro atoms. The first kappa shape index (κ1) is 18.3. The van der Waals surface area contributed by atoms with Crippen LogP contribution in [0.5, 0.6) is 0 Å². The van der Waals surface area contributed by atoms with Gasteiger partial charge in [-0.15, -0.1) is 0 Å². The van der Waals surface area contributed by atoms with Gasteiger partial charge in [0.05, 0.1) is 0 Å². The van der Waals surface area contributed by atoms with E-state index in [1.165, 1.54) is 25.0 Å². The molecule has 0 aromatic heterocycles. The van der Waals surface area contributed by atoms with E-state index in [1.54, 1.807) is 6.07 Å². The normalized spacial score (nSPS) is 18.2. The van der Waals surface area contributed by atoms with Crippen LogP contribution in [-0.4, -0.2) is 47.7 Å². The first-order valence-corrected chi connectivity index (χ1v) is 7.80. The Bertz CT molecular complexity index is 629. The summed E-state index contributed by atoms with van der Waals surface area (Å²) in [4.78, 5) is 25.1. The maximum atomic E-state index is 13.7. The van der Waals surface area contributed by atoms with Gasteiger partial charge in [0.15, 0.2) is 11.6 Å². The molecule has 1 fully saturated rings. The van der Waals surface area contributed by atoms with Gasteiger partial charge in [0.25, 0.3) is 5.91 Å². The molecule has 1 atom stereocenters. The third kappa shape index (κ3) is 3.56. The standard InChI is InChI=1S/C17H21F2NO4/c1-17(24-2,16(22)23)15(21)20-8-6-11(7-9-20)10-12-4-3-5-13(18)14(12)19/h3-5,11H,6-10H2,1-2H3,(H,22,23). The molecule has 0 bridgehead atoms. The second-order valence-corrected chi connectivity index (χ2v) is 6.20. The van der Waals surface area contributed by atoms with E-state index >= 15 is 0 Å². The van der Waals surface area contributed by atoms with E-state index in [9.17, 15) is 23.5 Å². The van der Waals surface area contributed by atoms with Crippen molar-refractivity contribution in [2.24, 2.45) is 5.92 Å². The van der Waals surface area contributed by atoms with Crippen LogP contribution in [0.1, 0.15) is 25.3 Å². The molecule has 24 heavy (non-hydrogen) atoms. The van der Waals surface area contributed by atoms with Gasteiger partial charge in [0.1, 0.15) is 0 Å². The number of amides is 1. The van der Waals surface area contributed by atoms with Crippen molar-refractivity contribution in [1.82, 2.24) is 4.90 Å². The van der Waals surface area contributed by atoms with Crippen molar-refractivity contribution in [2.45, 2.75) is 31.8 Å². The SMILES string of the molecule is COC(C)(C(=O)O)C(=O)N1CCC(Cc2cccc(F)c2F)CC1. The van der Waals surface area contributed by atoms with Crippen LogP contribution in [0.2, 0.25) is 0 Å². The molecule has 1 amide bonds. The number of nitrogens with zero attached hydrogens (tertiary/aromatic N) is 1. The third-order valence-electron chi connectivity index (χ3n) is 4.67. The summed E-state index contributed by atoms with van der Waals surface area (Å²) < 4.78 is 31.9. The Kier molecular flexibility index (Phi) is 5.54. The van der Waals surface area contributed by atoms with Crippen LogP contribution < -0.4 is 0 Å². The summed E-state index contributed by atoms with van der Waals surface area (Å²) in [7, 11) is 1.19. The molecule has 7 heteroatoms. The number of carbonyl (C=O) groups excluding carboxylic acids is 1. The van der Waals surface area contributed by atoms with E-state index < -0.39 is 29.1 Å². The van der Waals surface area contributed by atoms with Crippen LogP contribution >= 0.6 is 0 Å². The van der Waals surface area contributed by atoms with Crippen molar-refractivity contribution in [3.05, 3.63) is 35.4 Å². The minimum absolute atomic E-state index is 0.115. The molecule has 1 aliphatic rings. The van der Waals surface area contributed by atoms with Crippen LogP contribution in [0, 0.1) is 17.6 Å². The Morgan fingerprint density at radius 2 is 1.96 bits per heavy atom. The van der Waals surface area contributed by atoms with Crippen LogP contribution in [0.25, 0.3) is 0 Å². The lowest BCUT2D eigenvalue weighted by molar-refractivity contribution is -0.174. The van der Waals surface area contributed by atoms with E-state index in [4.69, 9.17) is 4.74 Å². The summed E-state index contributed by atoms with van der Waals surface area (Å²) in [6.07, 6.45) is 1.59. The first-order valence-electron chi connectivity index (χ1n) is 7.80. The molecule has 0 saturated carbocycles. The zero-order chi connectivity index (χ0) is 17.9. The summed E-state index contributed by atoms with van der Waals surface area (Å²) in [6.45, 7) is 1.96. The number of ether oxygens (including phenoxy) is 1. The Balaban J connectivity index is 1.97. The zero-order valence-electron chi connectivity index (χ0n) is 13.7. The topological polar surface area (TPSA) is 66.8 Å². The number of piperidine rings is 1. The fourth-order valence-corrected chi connectivity index (χ4v) is 2.93. The lowest BCUT2D eigenvalue weighted by atomic mass is 9.89. The van der Waals surface area contributed by atoms with Crippen molar-refractivity contribution in [1.29, 1.82) is 0 Å². The summed E-state index contributed by atoms with van der Waals surface area (Å²) in [5, 5.41) is 9.19. The van der Waals surface area contributed by atoms with E-state index in [0.717, 1.165) is 6.07 Å². The molecule has 1 unspecified atom stereocenters. The summed E-state index contributed by atoms with van der Waals surface area (Å²) in [5.41, 5.74) is -1.58. The average molecular weight is 341 g/mol. The molecule has 132 valence electrons. The predicted molar refractivity (Wildman–Crippen MR) is 82.4 cm³/mol. The quantitative estimate of drug-likeness (QED) is 0.834. The third-order valence-corrected chi connectivity index (χ3v) is 4.67. The van der Waals surface area contributed by atoms with E-state index in [1.807, 2.05) is 0 Å². The molecule has 0 aliphatic carbocycles. The highest BCUT2D eigenvalue weighted by Crippen LogP contribution is 2.26. The molecule has 5 nitrogen and oxygen atoms in total. The van der Waals surface area contributed by atoms with Gasteiger partial charge in [0.2, 0.25) is 5.60 Å². The molecule has 0 radical (unpaired) electrons. The number of carboxylic acids is 1. The van der Waals surface area contributed by atoms with Gasteiger partial charge in [-0.3, -0.25) is 4.79 Å². The smallest absolute Gasteiger partial charge is 0.345 e. The lowest BCUT2D eigenvalue weighted by Crippen LogP contribution is -2.55. The summed E-state index contributed by atoms with van der Waals surface area (Å²) in [5.74, 6) is -3.50. The van der Waals surface area contributed by atoms with Gasteiger partial charge < -0.3 is 14.7 Å². The molecule has 1 saturated heterocycles. The van der Waals surface area contributed by atoms with Gasteiger partial charge in [-0.25, -0.2) is 13.6 Å². The molecule has 1 aliphatic heterocycles. The average Bonchev–Trinajstić information content (AvgIpc) is 2.58. The molecule has 2 rings (SSSR count). The predicted octanol–water partition coefficient (Wildman–Crippen LogP) is 2.24. The van der Waals surface area contributed by atoms with E-state index in [2.05, 4.69) is 0 Å². The second-order valence-electron chi connectivity index (χ2n) is 6.20. The molecule has 1 aromatic rings. The van der Waals surface area contributed by atoms with Gasteiger partial charge >= 0.3 is 5.97 Å². The van der Waals surface area contributed by atoms with E-state index in [0.29, 0.717) is 37.9 Å². The first-order chi connectivity index (χ1) is 11.3. The Hall–Kier alpha value is -2.02. The minimum Gasteiger partial charge on any atom is -0.479 e. The largest absolute Gasteiger partial charge is 0.479 e. The van der Waals surface area contributed by atoms with Gasteiger partial charge in [-0.1, -0.05) is 12.1 Å². The monoisotopic (exact) mass is 341 g/mol. The van der Waals surface area contributed by atoms with Crippen LogP contribution in [0.4, 0.5) is 8.78 Å². The molecular formula is C17H21F2NO4. The molecule has 1 heterocycles. The van der Waals surface area contributed by atoms with Crippen LogP contribution in [0.3, 0.4) is 0 Å². The number of halogens is 2. The number of benzene rings is 1. The van der Waals surface area contributed by atoms with Crippen molar-refractivity contribution < 1.29 is 28.2 Å². The Labute approximate surface area is 139 Å². The number of rotatable bonds is 5. The fourth-order valence-electron chi connectivity index (χ4n) is 2.93. The fraction of sp³-hybridized carbons (Fsp3) is 0.529. The Morgan fingerprint density at radius 1 is 1.33 bits per heavy atom. The summed E-state index contributed by atoms with van der Waals surface area (Å²) in [6, 6.07) is 4.11. The van der Waals surface area contributed by atoms with Crippen molar-refractivity contribution in [3.63, 3.8) is 0 Å². The number of methoxy groups -OCH3 is 1. The highest BCUT2D eigenvalue weighted by atomic mass is 19.2. The van der Waals surface area contributed by atoms with Crippen LogP contribution in [-0.2, 0) is 20.7 Å². The molecule has 1 N–H and O–H groups in total. The van der Waals surface area contributed by atoms with Gasteiger partial charge in [0, 0.05) is 20.2 Å². The van der Waals surface area contributed by atoms with Gasteiger partial charge in [-0.05, 0) is 43.7 Å². The molecule has 1 aromatic carbocycles. The van der Waals surface area contributed by atoms with E-state index in [-0.39, 0.29) is 5.92 Å². The highest BCUT2D eigenvalue weighted by Gasteiger charge is 2.45. The number of aliphatic carboxylic acids is 1. The number of hydrogen-bond acceptors (Lipinski definition) is 3. The Morgan fingerprint density at radius 3 is 2.50 bits per heavy atom. The van der Waals surface area contributed by atoms with Crippen molar-refractivity contribution in [3.8, 4) is 0 Å². The molecular weight excluding hydrogens is 320 g/mol. The van der Waals surface area contributed by atoms with Crippen molar-refractivity contribution >= 4 is 11.9 Å². The number of carboxylic acid groups (broad SMARTS) is 1. The second kappa shape index (κ2) is 7.25. The maximum Gasteiger partial charge on any atom is 0.345 e. The van der Waals surface area contributed by atoms with Gasteiger partial charge in [-0.2, -0.15) is 0 Å². The van der Waals surface area contributed by atoms with Crippen LogP contribution in [0.15, 0.2) is 18.2 Å². The zero-order valence-corrected chi connectivity index (χ0v) is 13.7. The maximum absolute atomic E-state index is 13.7. The summed E-state index contributed by atoms with van der Waals surface area (Å²) >= 11 is 0. The van der Waals surface area contributed by atoms with Crippen molar-refractivity contribution in [2.75, 3.05) is 20.2 Å².